The van der Waals surface area contributed by atoms with E-state index < -0.39 is 12.0 Å². The minimum atomic E-state index is -1.01. The van der Waals surface area contributed by atoms with Crippen molar-refractivity contribution < 1.29 is 9.90 Å². The van der Waals surface area contributed by atoms with Crippen LogP contribution in [0.2, 0.25) is 0 Å². The van der Waals surface area contributed by atoms with Gasteiger partial charge in [-0.15, -0.1) is 0 Å². The van der Waals surface area contributed by atoms with Crippen LogP contribution < -0.4 is 32.3 Å². The van der Waals surface area contributed by atoms with Crippen LogP contribution in [0.4, 0.5) is 17.2 Å². The van der Waals surface area contributed by atoms with Crippen LogP contribution in [0.15, 0.2) is 21.9 Å². The maximum Gasteiger partial charge on any atom is 0.320 e. The van der Waals surface area contributed by atoms with E-state index in [9.17, 15) is 9.59 Å². The van der Waals surface area contributed by atoms with Gasteiger partial charge >= 0.3 is 5.97 Å². The van der Waals surface area contributed by atoms with Crippen LogP contribution in [0.1, 0.15) is 17.5 Å². The lowest BCUT2D eigenvalue weighted by Gasteiger charge is -2.28. The average molecular weight is 384 g/mol. The number of benzene rings is 1. The Kier molecular flexibility index (Phi) is 5.57. The van der Waals surface area contributed by atoms with Crippen molar-refractivity contribution in [3.63, 3.8) is 0 Å². The molecule has 0 bridgehead atoms. The van der Waals surface area contributed by atoms with Crippen molar-refractivity contribution in [2.24, 2.45) is 10.7 Å². The van der Waals surface area contributed by atoms with Crippen molar-refractivity contribution in [1.82, 2.24) is 15.3 Å². The zero-order chi connectivity index (χ0) is 20.4. The molecule has 0 aliphatic carbocycles. The number of fused-ring (bicyclic) bond motifs is 2. The van der Waals surface area contributed by atoms with Crippen LogP contribution >= 0.6 is 0 Å². The molecular weight excluding hydrogens is 360 g/mol. The molecular formula is C19H24N6O3. The number of hydrogen-bond donors (Lipinski definition) is 4. The maximum atomic E-state index is 12.4. The van der Waals surface area contributed by atoms with Crippen molar-refractivity contribution in [2.45, 2.75) is 26.3 Å². The number of nitrogens with two attached hydrogens (primary N) is 1. The SMILES string of the molecule is C=c1nc2c(c(=O)[nH]1)=Nc1cc(C)c(C)cc1N2CCNCC[C@@H](N)C(=O)O. The average Bonchev–Trinajstić information content (AvgIpc) is 2.62. The Labute approximate surface area is 161 Å². The zero-order valence-electron chi connectivity index (χ0n) is 16.0. The summed E-state index contributed by atoms with van der Waals surface area (Å²) >= 11 is 0. The number of anilines is 2. The van der Waals surface area contributed by atoms with E-state index in [-0.39, 0.29) is 16.4 Å². The minimum Gasteiger partial charge on any atom is -0.480 e. The molecule has 0 unspecified atom stereocenters. The number of nitrogens with one attached hydrogen (secondary N) is 2. The van der Waals surface area contributed by atoms with E-state index in [4.69, 9.17) is 10.8 Å². The van der Waals surface area contributed by atoms with Gasteiger partial charge in [-0.2, -0.15) is 0 Å². The van der Waals surface area contributed by atoms with Crippen molar-refractivity contribution >= 4 is 29.7 Å². The van der Waals surface area contributed by atoms with Gasteiger partial charge in [0.1, 0.15) is 11.5 Å². The molecule has 1 aliphatic heterocycles. The number of aromatic amines is 1. The molecule has 1 aromatic carbocycles. The Morgan fingerprint density at radius 1 is 1.36 bits per heavy atom. The van der Waals surface area contributed by atoms with Crippen LogP contribution in [0.5, 0.6) is 0 Å². The minimum absolute atomic E-state index is 0.260. The largest absolute Gasteiger partial charge is 0.480 e. The van der Waals surface area contributed by atoms with Gasteiger partial charge in [0.15, 0.2) is 11.2 Å². The zero-order valence-corrected chi connectivity index (χ0v) is 16.0. The lowest BCUT2D eigenvalue weighted by molar-refractivity contribution is -0.138. The number of carboxylic acid groups (broad SMARTS) is 1. The predicted octanol–water partition coefficient (Wildman–Crippen LogP) is -0.409. The van der Waals surface area contributed by atoms with Crippen LogP contribution in [-0.2, 0) is 4.79 Å². The smallest absolute Gasteiger partial charge is 0.320 e. The van der Waals surface area contributed by atoms with Crippen molar-refractivity contribution in [2.75, 3.05) is 24.5 Å². The topological polar surface area (TPSA) is 137 Å². The molecule has 0 fully saturated rings. The van der Waals surface area contributed by atoms with E-state index in [2.05, 4.69) is 26.9 Å². The van der Waals surface area contributed by atoms with Crippen LogP contribution in [-0.4, -0.2) is 46.7 Å². The second-order valence-corrected chi connectivity index (χ2v) is 6.86. The summed E-state index contributed by atoms with van der Waals surface area (Å²) < 4.78 is 0. The number of nitrogens with zero attached hydrogens (tertiary/aromatic N) is 3. The van der Waals surface area contributed by atoms with E-state index in [1.54, 1.807) is 0 Å². The second-order valence-electron chi connectivity index (χ2n) is 6.86. The second kappa shape index (κ2) is 7.91. The van der Waals surface area contributed by atoms with E-state index in [1.807, 2.05) is 30.9 Å². The quantitative estimate of drug-likeness (QED) is 0.476. The molecule has 0 saturated heterocycles. The Balaban J connectivity index is 1.88. The number of carboxylic acids is 1. The summed E-state index contributed by atoms with van der Waals surface area (Å²) in [5.41, 5.74) is 9.25. The molecule has 28 heavy (non-hydrogen) atoms. The van der Waals surface area contributed by atoms with E-state index in [0.29, 0.717) is 37.6 Å². The van der Waals surface area contributed by atoms with Crippen LogP contribution in [0, 0.1) is 13.8 Å². The molecule has 148 valence electrons. The molecule has 1 aliphatic rings. The highest BCUT2D eigenvalue weighted by Gasteiger charge is 2.23. The fourth-order valence-electron chi connectivity index (χ4n) is 3.04. The summed E-state index contributed by atoms with van der Waals surface area (Å²) in [4.78, 5) is 36.6. The number of aliphatic carboxylic acids is 1. The molecule has 0 radical (unpaired) electrons. The highest BCUT2D eigenvalue weighted by molar-refractivity contribution is 5.77. The number of aromatic nitrogens is 2. The Morgan fingerprint density at radius 3 is 2.79 bits per heavy atom. The van der Waals surface area contributed by atoms with E-state index in [1.165, 1.54) is 0 Å². The number of H-pyrrole nitrogens is 1. The van der Waals surface area contributed by atoms with Gasteiger partial charge in [-0.25, -0.2) is 9.98 Å². The summed E-state index contributed by atoms with van der Waals surface area (Å²) in [5.74, 6) is -0.548. The first-order valence-electron chi connectivity index (χ1n) is 9.04. The van der Waals surface area contributed by atoms with Gasteiger partial charge in [-0.3, -0.25) is 9.59 Å². The van der Waals surface area contributed by atoms with Gasteiger partial charge in [0.25, 0.3) is 5.56 Å². The third kappa shape index (κ3) is 3.95. The number of aryl methyl sites for hydroxylation is 2. The molecule has 2 aromatic rings. The Bertz CT molecular complexity index is 1080. The molecule has 5 N–H and O–H groups in total. The van der Waals surface area contributed by atoms with Crippen molar-refractivity contribution in [3.05, 3.63) is 44.5 Å². The number of carbonyl (C=O) groups is 1. The van der Waals surface area contributed by atoms with E-state index in [0.717, 1.165) is 16.8 Å². The van der Waals surface area contributed by atoms with Crippen molar-refractivity contribution in [1.29, 1.82) is 0 Å². The van der Waals surface area contributed by atoms with Crippen LogP contribution in [0.3, 0.4) is 0 Å². The monoisotopic (exact) mass is 384 g/mol. The van der Waals surface area contributed by atoms with Crippen LogP contribution in [0.25, 0.3) is 6.58 Å². The predicted molar refractivity (Wildman–Crippen MR) is 107 cm³/mol. The highest BCUT2D eigenvalue weighted by atomic mass is 16.4. The number of hydrogen-bond acceptors (Lipinski definition) is 7. The first-order chi connectivity index (χ1) is 13.3. The van der Waals surface area contributed by atoms with Gasteiger partial charge in [-0.1, -0.05) is 6.58 Å². The summed E-state index contributed by atoms with van der Waals surface area (Å²) in [5, 5.41) is 12.3. The molecule has 1 atom stereocenters. The molecule has 9 heteroatoms. The molecule has 0 spiro atoms. The normalized spacial score (nSPS) is 13.5. The molecule has 1 aromatic heterocycles. The molecule has 2 heterocycles. The lowest BCUT2D eigenvalue weighted by Crippen LogP contribution is -2.44. The molecule has 3 rings (SSSR count). The first kappa shape index (κ1) is 19.7. The summed E-state index contributed by atoms with van der Waals surface area (Å²) in [6, 6.07) is 3.10. The van der Waals surface area contributed by atoms with Gasteiger partial charge < -0.3 is 26.0 Å². The van der Waals surface area contributed by atoms with Crippen molar-refractivity contribution in [3.8, 4) is 0 Å². The van der Waals surface area contributed by atoms with Gasteiger partial charge in [-0.05, 0) is 50.1 Å². The fourth-order valence-corrected chi connectivity index (χ4v) is 3.04. The highest BCUT2D eigenvalue weighted by Crippen LogP contribution is 2.36. The first-order valence-corrected chi connectivity index (χ1v) is 9.04. The Morgan fingerprint density at radius 2 is 2.07 bits per heavy atom. The van der Waals surface area contributed by atoms with Gasteiger partial charge in [0.2, 0.25) is 0 Å². The molecule has 0 saturated carbocycles. The summed E-state index contributed by atoms with van der Waals surface area (Å²) in [6.07, 6.45) is 0.330. The van der Waals surface area contributed by atoms with Gasteiger partial charge in [0.05, 0.1) is 11.4 Å². The molecule has 9 nitrogen and oxygen atoms in total. The molecule has 0 amide bonds. The standard InChI is InChI=1S/C19H24N6O3/c1-10-8-14-15(9-11(10)2)25(7-6-21-5-4-13(20)19(27)28)17-16(24-14)18(26)23-12(3)22-17/h8-9,13,21H,3-7,20H2,1-2H3,(H,23,26)(H,27,28)/t13-/m1/s1. The Hall–Kier alpha value is -3.04. The van der Waals surface area contributed by atoms with E-state index >= 15 is 0 Å². The third-order valence-corrected chi connectivity index (χ3v) is 4.76. The van der Waals surface area contributed by atoms with Gasteiger partial charge in [0, 0.05) is 13.1 Å². The summed E-state index contributed by atoms with van der Waals surface area (Å²) in [7, 11) is 0. The number of rotatable bonds is 7. The maximum absolute atomic E-state index is 12.4. The third-order valence-electron chi connectivity index (χ3n) is 4.76. The fraction of sp³-hybridized carbons (Fsp3) is 0.368. The summed E-state index contributed by atoms with van der Waals surface area (Å²) in [6.45, 7) is 9.31. The lowest BCUT2D eigenvalue weighted by atomic mass is 10.1.